The van der Waals surface area contributed by atoms with E-state index in [4.69, 9.17) is 4.74 Å². The average Bonchev–Trinajstić information content (AvgIpc) is 3.51. The fourth-order valence-electron chi connectivity index (χ4n) is 4.77. The monoisotopic (exact) mass is 430 g/mol. The van der Waals surface area contributed by atoms with Crippen molar-refractivity contribution in [2.75, 3.05) is 33.3 Å². The highest BCUT2D eigenvalue weighted by molar-refractivity contribution is 5.80. The molecule has 3 heterocycles. The third-order valence-electron chi connectivity index (χ3n) is 6.37. The van der Waals surface area contributed by atoms with Crippen LogP contribution in [0.3, 0.4) is 0 Å². The van der Waals surface area contributed by atoms with Gasteiger partial charge in [-0.25, -0.2) is 4.98 Å². The second kappa shape index (κ2) is 9.54. The van der Waals surface area contributed by atoms with Crippen LogP contribution in [0.1, 0.15) is 11.1 Å². The van der Waals surface area contributed by atoms with Crippen LogP contribution in [0.25, 0.3) is 5.69 Å². The molecule has 7 nitrogen and oxygen atoms in total. The third kappa shape index (κ3) is 4.40. The third-order valence-corrected chi connectivity index (χ3v) is 6.37. The van der Waals surface area contributed by atoms with Gasteiger partial charge >= 0.3 is 0 Å². The highest BCUT2D eigenvalue weighted by atomic mass is 16.5. The first kappa shape index (κ1) is 20.7. The number of morpholine rings is 1. The zero-order valence-electron chi connectivity index (χ0n) is 18.5. The smallest absolute Gasteiger partial charge is 0.194 e. The quantitative estimate of drug-likeness (QED) is 0.498. The lowest BCUT2D eigenvalue weighted by molar-refractivity contribution is -0.0502. The molecule has 0 amide bonds. The molecule has 2 aliphatic heterocycles. The van der Waals surface area contributed by atoms with Crippen LogP contribution in [-0.2, 0) is 17.8 Å². The fourth-order valence-corrected chi connectivity index (χ4v) is 4.77. The highest BCUT2D eigenvalue weighted by Crippen LogP contribution is 2.25. The zero-order chi connectivity index (χ0) is 21.8. The number of aliphatic imine (C=N–C) groups is 1. The summed E-state index contributed by atoms with van der Waals surface area (Å²) in [4.78, 5) is 13.7. The molecule has 2 unspecified atom stereocenters. The Balaban J connectivity index is 1.25. The molecule has 1 aromatic heterocycles. The molecule has 166 valence electrons. The van der Waals surface area contributed by atoms with Gasteiger partial charge in [0, 0.05) is 52.2 Å². The van der Waals surface area contributed by atoms with Crippen LogP contribution < -0.4 is 5.32 Å². The summed E-state index contributed by atoms with van der Waals surface area (Å²) in [5.74, 6) is 0.920. The van der Waals surface area contributed by atoms with E-state index < -0.39 is 0 Å². The van der Waals surface area contributed by atoms with Gasteiger partial charge in [0.1, 0.15) is 0 Å². The number of nitrogens with one attached hydrogen (secondary N) is 1. The van der Waals surface area contributed by atoms with Crippen molar-refractivity contribution >= 4 is 5.96 Å². The van der Waals surface area contributed by atoms with E-state index in [2.05, 4.69) is 79.7 Å². The van der Waals surface area contributed by atoms with E-state index >= 15 is 0 Å². The lowest BCUT2D eigenvalue weighted by Gasteiger charge is -2.36. The van der Waals surface area contributed by atoms with Gasteiger partial charge in [0.2, 0.25) is 0 Å². The molecular formula is C25H30N6O. The summed E-state index contributed by atoms with van der Waals surface area (Å²) >= 11 is 0. The first-order chi connectivity index (χ1) is 15.8. The fraction of sp³-hybridized carbons (Fsp3) is 0.360. The number of aromatic nitrogens is 2. The van der Waals surface area contributed by atoms with Crippen molar-refractivity contribution in [3.05, 3.63) is 84.4 Å². The Hall–Kier alpha value is -3.16. The van der Waals surface area contributed by atoms with E-state index in [-0.39, 0.29) is 6.10 Å². The van der Waals surface area contributed by atoms with E-state index in [1.807, 2.05) is 24.1 Å². The minimum atomic E-state index is 0.212. The highest BCUT2D eigenvalue weighted by Gasteiger charge is 2.41. The predicted octanol–water partition coefficient (Wildman–Crippen LogP) is 2.53. The van der Waals surface area contributed by atoms with E-state index in [1.54, 1.807) is 6.20 Å². The summed E-state index contributed by atoms with van der Waals surface area (Å²) in [6, 6.07) is 19.5. The summed E-state index contributed by atoms with van der Waals surface area (Å²) in [6.45, 7) is 5.18. The van der Waals surface area contributed by atoms with Gasteiger partial charge in [0.05, 0.1) is 30.8 Å². The Morgan fingerprint density at radius 1 is 1.12 bits per heavy atom. The molecule has 5 rings (SSSR count). The Morgan fingerprint density at radius 2 is 1.97 bits per heavy atom. The van der Waals surface area contributed by atoms with E-state index in [0.29, 0.717) is 12.6 Å². The molecule has 2 saturated heterocycles. The van der Waals surface area contributed by atoms with Crippen molar-refractivity contribution in [2.45, 2.75) is 25.2 Å². The molecular weight excluding hydrogens is 400 g/mol. The van der Waals surface area contributed by atoms with Gasteiger partial charge in [0.15, 0.2) is 5.96 Å². The first-order valence-corrected chi connectivity index (χ1v) is 11.2. The Morgan fingerprint density at radius 3 is 2.78 bits per heavy atom. The van der Waals surface area contributed by atoms with E-state index in [1.165, 1.54) is 11.1 Å². The molecule has 2 aromatic carbocycles. The molecule has 32 heavy (non-hydrogen) atoms. The van der Waals surface area contributed by atoms with Crippen LogP contribution in [-0.4, -0.2) is 70.7 Å². The van der Waals surface area contributed by atoms with E-state index in [9.17, 15) is 0 Å². The van der Waals surface area contributed by atoms with Crippen molar-refractivity contribution in [3.8, 4) is 5.69 Å². The maximum Gasteiger partial charge on any atom is 0.194 e. The number of rotatable bonds is 5. The van der Waals surface area contributed by atoms with Crippen LogP contribution in [0, 0.1) is 0 Å². The number of guanidine groups is 1. The van der Waals surface area contributed by atoms with Crippen LogP contribution >= 0.6 is 0 Å². The molecule has 0 spiro atoms. The normalized spacial score (nSPS) is 21.5. The first-order valence-electron chi connectivity index (χ1n) is 11.2. The summed E-state index contributed by atoms with van der Waals surface area (Å²) in [7, 11) is 1.86. The summed E-state index contributed by atoms with van der Waals surface area (Å²) in [6.07, 6.45) is 5.81. The Bertz CT molecular complexity index is 1040. The number of hydrogen-bond acceptors (Lipinski definition) is 4. The number of hydrogen-bond donors (Lipinski definition) is 1. The molecule has 2 fully saturated rings. The van der Waals surface area contributed by atoms with Gasteiger partial charge in [-0.2, -0.15) is 0 Å². The average molecular weight is 431 g/mol. The van der Waals surface area contributed by atoms with Crippen LogP contribution in [0.2, 0.25) is 0 Å². The molecule has 1 N–H and O–H groups in total. The van der Waals surface area contributed by atoms with Crippen molar-refractivity contribution < 1.29 is 4.74 Å². The summed E-state index contributed by atoms with van der Waals surface area (Å²) in [5, 5.41) is 3.57. The SMILES string of the molecule is CN=C(NCc1ccccc1-n1ccnc1)N1CC2OCCN(Cc3ccccc3)C2C1. The molecule has 0 bridgehead atoms. The van der Waals surface area contributed by atoms with Gasteiger partial charge in [-0.05, 0) is 17.2 Å². The van der Waals surface area contributed by atoms with Crippen molar-refractivity contribution in [2.24, 2.45) is 4.99 Å². The van der Waals surface area contributed by atoms with Gasteiger partial charge < -0.3 is 19.5 Å². The minimum absolute atomic E-state index is 0.212. The maximum absolute atomic E-state index is 6.15. The number of benzene rings is 2. The largest absolute Gasteiger partial charge is 0.373 e. The Kier molecular flexibility index (Phi) is 6.18. The number of para-hydroxylation sites is 1. The molecule has 7 heteroatoms. The van der Waals surface area contributed by atoms with Crippen LogP contribution in [0.15, 0.2) is 78.3 Å². The van der Waals surface area contributed by atoms with Crippen LogP contribution in [0.4, 0.5) is 0 Å². The summed E-state index contributed by atoms with van der Waals surface area (Å²) < 4.78 is 8.19. The van der Waals surface area contributed by atoms with E-state index in [0.717, 1.165) is 44.4 Å². The second-order valence-corrected chi connectivity index (χ2v) is 8.34. The second-order valence-electron chi connectivity index (χ2n) is 8.34. The minimum Gasteiger partial charge on any atom is -0.373 e. The standard InChI is InChI=1S/C25H30N6O/c1-26-25(28-15-21-9-5-6-10-22(21)30-12-11-27-19-30)31-17-23-24(18-31)32-14-13-29(23)16-20-7-3-2-4-8-20/h2-12,19,23-24H,13-18H2,1H3,(H,26,28). The molecule has 0 saturated carbocycles. The topological polar surface area (TPSA) is 57.9 Å². The number of imidazole rings is 1. The predicted molar refractivity (Wildman–Crippen MR) is 126 cm³/mol. The Labute approximate surface area is 189 Å². The molecule has 0 radical (unpaired) electrons. The van der Waals surface area contributed by atoms with Gasteiger partial charge in [-0.1, -0.05) is 48.5 Å². The lowest BCUT2D eigenvalue weighted by Crippen LogP contribution is -2.50. The molecule has 3 aromatic rings. The van der Waals surface area contributed by atoms with Crippen molar-refractivity contribution in [1.82, 2.24) is 24.7 Å². The number of nitrogens with zero attached hydrogens (tertiary/aromatic N) is 5. The number of ether oxygens (including phenoxy) is 1. The lowest BCUT2D eigenvalue weighted by atomic mass is 10.1. The molecule has 2 atom stereocenters. The zero-order valence-corrected chi connectivity index (χ0v) is 18.5. The van der Waals surface area contributed by atoms with Gasteiger partial charge in [-0.3, -0.25) is 9.89 Å². The number of fused-ring (bicyclic) bond motifs is 1. The molecule has 0 aliphatic carbocycles. The molecule has 2 aliphatic rings. The van der Waals surface area contributed by atoms with Crippen LogP contribution in [0.5, 0.6) is 0 Å². The van der Waals surface area contributed by atoms with Crippen molar-refractivity contribution in [1.29, 1.82) is 0 Å². The summed E-state index contributed by atoms with van der Waals surface area (Å²) in [5.41, 5.74) is 3.68. The van der Waals surface area contributed by atoms with Gasteiger partial charge in [0.25, 0.3) is 0 Å². The van der Waals surface area contributed by atoms with Crippen molar-refractivity contribution in [3.63, 3.8) is 0 Å². The maximum atomic E-state index is 6.15. The van der Waals surface area contributed by atoms with Gasteiger partial charge in [-0.15, -0.1) is 0 Å². The number of likely N-dealkylation sites (tertiary alicyclic amines) is 1.